The number of hydrogen-bond donors (Lipinski definition) is 5. The molecule has 0 atom stereocenters. The summed E-state index contributed by atoms with van der Waals surface area (Å²) in [5.41, 5.74) is 4.34. The topological polar surface area (TPSA) is 163 Å². The first-order chi connectivity index (χ1) is 16.3. The third-order valence-electron chi connectivity index (χ3n) is 5.07. The first-order valence-corrected chi connectivity index (χ1v) is 10.5. The summed E-state index contributed by atoms with van der Waals surface area (Å²) >= 11 is 0. The Bertz CT molecular complexity index is 1060. The van der Waals surface area contributed by atoms with E-state index in [1.165, 1.54) is 0 Å². The zero-order valence-corrected chi connectivity index (χ0v) is 18.1. The van der Waals surface area contributed by atoms with Crippen molar-refractivity contribution in [3.8, 4) is 11.1 Å². The van der Waals surface area contributed by atoms with Crippen LogP contribution in [0.25, 0.3) is 11.1 Å². The Hall–Kier alpha value is -4.41. The van der Waals surface area contributed by atoms with Crippen LogP contribution in [0.5, 0.6) is 0 Å². The van der Waals surface area contributed by atoms with E-state index in [-0.39, 0.29) is 12.5 Å². The fourth-order valence-electron chi connectivity index (χ4n) is 3.52. The van der Waals surface area contributed by atoms with Crippen molar-refractivity contribution < 1.29 is 33.8 Å². The second kappa shape index (κ2) is 11.5. The van der Waals surface area contributed by atoms with Gasteiger partial charge in [0.25, 0.3) is 0 Å². The average molecular weight is 468 g/mol. The number of benzene rings is 2. The van der Waals surface area contributed by atoms with Crippen molar-refractivity contribution in [1.82, 2.24) is 21.3 Å². The zero-order valence-electron chi connectivity index (χ0n) is 18.1. The predicted octanol–water partition coefficient (Wildman–Crippen LogP) is -0.0417. The lowest BCUT2D eigenvalue weighted by Gasteiger charge is -2.14. The van der Waals surface area contributed by atoms with Gasteiger partial charge in [-0.05, 0) is 22.3 Å². The number of carboxylic acid groups (broad SMARTS) is 1. The molecule has 0 fully saturated rings. The Morgan fingerprint density at radius 2 is 1.12 bits per heavy atom. The summed E-state index contributed by atoms with van der Waals surface area (Å²) < 4.78 is 5.32. The summed E-state index contributed by atoms with van der Waals surface area (Å²) in [5.74, 6) is -3.28. The molecule has 0 aromatic heterocycles. The van der Waals surface area contributed by atoms with Gasteiger partial charge in [-0.25, -0.2) is 4.79 Å². The molecule has 2 aromatic rings. The number of carboxylic acids is 1. The van der Waals surface area contributed by atoms with Gasteiger partial charge in [0.1, 0.15) is 19.7 Å². The summed E-state index contributed by atoms with van der Waals surface area (Å²) in [5, 5.41) is 17.4. The second-order valence-corrected chi connectivity index (χ2v) is 7.40. The first kappa shape index (κ1) is 24.2. The Morgan fingerprint density at radius 1 is 0.676 bits per heavy atom. The monoisotopic (exact) mass is 468 g/mol. The lowest BCUT2D eigenvalue weighted by Crippen LogP contribution is -2.45. The van der Waals surface area contributed by atoms with E-state index in [2.05, 4.69) is 21.3 Å². The molecule has 11 nitrogen and oxygen atoms in total. The summed E-state index contributed by atoms with van der Waals surface area (Å²) in [7, 11) is 0. The molecule has 178 valence electrons. The Balaban J connectivity index is 1.36. The van der Waals surface area contributed by atoms with Crippen LogP contribution < -0.4 is 21.3 Å². The molecule has 0 unspecified atom stereocenters. The molecule has 0 saturated carbocycles. The molecule has 1 aliphatic rings. The van der Waals surface area contributed by atoms with Crippen LogP contribution in [-0.4, -0.2) is 67.7 Å². The fourth-order valence-corrected chi connectivity index (χ4v) is 3.52. The molecule has 5 N–H and O–H groups in total. The number of aliphatic carboxylic acids is 1. The molecular formula is C23H24N4O7. The van der Waals surface area contributed by atoms with Gasteiger partial charge in [0, 0.05) is 5.92 Å². The summed E-state index contributed by atoms with van der Waals surface area (Å²) in [6.45, 7) is -1.71. The number of rotatable bonds is 10. The van der Waals surface area contributed by atoms with Crippen molar-refractivity contribution in [3.63, 3.8) is 0 Å². The van der Waals surface area contributed by atoms with E-state index in [4.69, 9.17) is 9.84 Å². The SMILES string of the molecule is O=C(O)CNC(=O)CNC(=O)CNC(=O)CNC(=O)OCC1c2ccccc2-c2ccccc21. The number of fused-ring (bicyclic) bond motifs is 3. The molecule has 1 aliphatic carbocycles. The minimum absolute atomic E-state index is 0.105. The van der Waals surface area contributed by atoms with Crippen LogP contribution in [0.15, 0.2) is 48.5 Å². The molecule has 0 saturated heterocycles. The highest BCUT2D eigenvalue weighted by atomic mass is 16.5. The number of carbonyl (C=O) groups excluding carboxylic acids is 4. The molecule has 0 spiro atoms. The Kier molecular flexibility index (Phi) is 8.16. The molecule has 0 bridgehead atoms. The van der Waals surface area contributed by atoms with Gasteiger partial charge in [0.2, 0.25) is 17.7 Å². The van der Waals surface area contributed by atoms with E-state index >= 15 is 0 Å². The van der Waals surface area contributed by atoms with Crippen LogP contribution in [0.4, 0.5) is 4.79 Å². The highest BCUT2D eigenvalue weighted by molar-refractivity contribution is 5.90. The predicted molar refractivity (Wildman–Crippen MR) is 120 cm³/mol. The minimum Gasteiger partial charge on any atom is -0.480 e. The molecule has 4 amide bonds. The van der Waals surface area contributed by atoms with Gasteiger partial charge in [-0.1, -0.05) is 48.5 Å². The van der Waals surface area contributed by atoms with Gasteiger partial charge in [-0.3, -0.25) is 19.2 Å². The van der Waals surface area contributed by atoms with E-state index < -0.39 is 56.0 Å². The highest BCUT2D eigenvalue weighted by Crippen LogP contribution is 2.44. The smallest absolute Gasteiger partial charge is 0.407 e. The van der Waals surface area contributed by atoms with Gasteiger partial charge in [-0.2, -0.15) is 0 Å². The van der Waals surface area contributed by atoms with E-state index in [1.54, 1.807) is 0 Å². The lowest BCUT2D eigenvalue weighted by atomic mass is 9.98. The van der Waals surface area contributed by atoms with Crippen molar-refractivity contribution >= 4 is 29.8 Å². The number of amides is 4. The molecule has 2 aromatic carbocycles. The maximum atomic E-state index is 12.1. The zero-order chi connectivity index (χ0) is 24.5. The van der Waals surface area contributed by atoms with Gasteiger partial charge in [-0.15, -0.1) is 0 Å². The summed E-state index contributed by atoms with van der Waals surface area (Å²) in [6, 6.07) is 15.8. The van der Waals surface area contributed by atoms with Crippen molar-refractivity contribution in [1.29, 1.82) is 0 Å². The van der Waals surface area contributed by atoms with Gasteiger partial charge in [0.15, 0.2) is 0 Å². The van der Waals surface area contributed by atoms with Crippen molar-refractivity contribution in [2.45, 2.75) is 5.92 Å². The van der Waals surface area contributed by atoms with Crippen LogP contribution in [0.3, 0.4) is 0 Å². The average Bonchev–Trinajstić information content (AvgIpc) is 3.16. The van der Waals surface area contributed by atoms with E-state index in [9.17, 15) is 24.0 Å². The van der Waals surface area contributed by atoms with Crippen LogP contribution in [0, 0.1) is 0 Å². The van der Waals surface area contributed by atoms with E-state index in [0.717, 1.165) is 22.3 Å². The second-order valence-electron chi connectivity index (χ2n) is 7.40. The number of hydrogen-bond acceptors (Lipinski definition) is 6. The molecule has 0 aliphatic heterocycles. The van der Waals surface area contributed by atoms with Crippen LogP contribution in [0.2, 0.25) is 0 Å². The summed E-state index contributed by atoms with van der Waals surface area (Å²) in [4.78, 5) is 57.2. The third-order valence-corrected chi connectivity index (χ3v) is 5.07. The lowest BCUT2D eigenvalue weighted by molar-refractivity contribution is -0.137. The van der Waals surface area contributed by atoms with Crippen molar-refractivity contribution in [2.75, 3.05) is 32.8 Å². The molecule has 0 heterocycles. The quantitative estimate of drug-likeness (QED) is 0.327. The van der Waals surface area contributed by atoms with Crippen LogP contribution >= 0.6 is 0 Å². The highest BCUT2D eigenvalue weighted by Gasteiger charge is 2.29. The van der Waals surface area contributed by atoms with E-state index in [1.807, 2.05) is 48.5 Å². The normalized spacial score (nSPS) is 11.5. The first-order valence-electron chi connectivity index (χ1n) is 10.5. The fraction of sp³-hybridized carbons (Fsp3) is 0.261. The standard InChI is InChI=1S/C23H24N4O7/c28-19(24-10-20(29)26-12-22(31)32)9-25-21(30)11-27-23(33)34-13-18-16-7-3-1-5-14(16)15-6-2-4-8-17(15)18/h1-8,18H,9-13H2,(H,24,28)(H,25,30)(H,26,29)(H,27,33)(H,31,32). The molecule has 11 heteroatoms. The Labute approximate surface area is 194 Å². The van der Waals surface area contributed by atoms with Crippen molar-refractivity contribution in [2.24, 2.45) is 0 Å². The number of alkyl carbamates (subject to hydrolysis) is 1. The number of nitrogens with one attached hydrogen (secondary N) is 4. The van der Waals surface area contributed by atoms with Gasteiger partial charge in [0.05, 0.1) is 13.1 Å². The minimum atomic E-state index is -1.21. The third kappa shape index (κ3) is 6.55. The summed E-state index contributed by atoms with van der Waals surface area (Å²) in [6.07, 6.45) is -0.767. The van der Waals surface area contributed by atoms with Crippen molar-refractivity contribution in [3.05, 3.63) is 59.7 Å². The largest absolute Gasteiger partial charge is 0.480 e. The van der Waals surface area contributed by atoms with Crippen LogP contribution in [-0.2, 0) is 23.9 Å². The molecule has 3 rings (SSSR count). The van der Waals surface area contributed by atoms with Gasteiger partial charge >= 0.3 is 12.1 Å². The van der Waals surface area contributed by atoms with Crippen LogP contribution in [0.1, 0.15) is 17.0 Å². The molecule has 0 radical (unpaired) electrons. The maximum Gasteiger partial charge on any atom is 0.407 e. The molecule has 34 heavy (non-hydrogen) atoms. The molecular weight excluding hydrogens is 444 g/mol. The van der Waals surface area contributed by atoms with E-state index in [0.29, 0.717) is 0 Å². The van der Waals surface area contributed by atoms with Gasteiger partial charge < -0.3 is 31.1 Å². The maximum absolute atomic E-state index is 12.1. The number of ether oxygens (including phenoxy) is 1. The Morgan fingerprint density at radius 3 is 1.62 bits per heavy atom. The number of carbonyl (C=O) groups is 5.